The van der Waals surface area contributed by atoms with Crippen LogP contribution >= 0.6 is 11.3 Å². The molecule has 162 valence electrons. The van der Waals surface area contributed by atoms with Gasteiger partial charge in [0.2, 0.25) is 11.9 Å². The number of halogens is 2. The first-order valence-corrected chi connectivity index (χ1v) is 10.5. The number of amides is 2. The molecule has 1 aliphatic carbocycles. The summed E-state index contributed by atoms with van der Waals surface area (Å²) in [6.07, 6.45) is 3.21. The zero-order valence-corrected chi connectivity index (χ0v) is 17.9. The van der Waals surface area contributed by atoms with E-state index in [0.29, 0.717) is 4.88 Å². The maximum Gasteiger partial charge on any atom is 0.300 e. The molecule has 0 bridgehead atoms. The van der Waals surface area contributed by atoms with Gasteiger partial charge in [0.05, 0.1) is 12.0 Å². The SMILES string of the molecule is Cc1sc(N(C(=O)c2ccco2)c2cc(F)nc(F)c2)nc1C(=O)NC1CCC1(C)C. The second-order valence-electron chi connectivity index (χ2n) is 8.04. The maximum absolute atomic E-state index is 13.8. The highest BCUT2D eigenvalue weighted by atomic mass is 32.1. The van der Waals surface area contributed by atoms with Crippen LogP contribution in [0, 0.1) is 24.2 Å². The number of anilines is 2. The average molecular weight is 446 g/mol. The van der Waals surface area contributed by atoms with E-state index in [1.165, 1.54) is 18.4 Å². The predicted molar refractivity (Wildman–Crippen MR) is 110 cm³/mol. The maximum atomic E-state index is 13.8. The lowest BCUT2D eigenvalue weighted by Crippen LogP contribution is -2.52. The van der Waals surface area contributed by atoms with Crippen LogP contribution in [0.5, 0.6) is 0 Å². The topological polar surface area (TPSA) is 88.3 Å². The molecule has 10 heteroatoms. The van der Waals surface area contributed by atoms with Crippen LogP contribution in [0.3, 0.4) is 0 Å². The van der Waals surface area contributed by atoms with Crippen molar-refractivity contribution in [1.29, 1.82) is 0 Å². The fourth-order valence-electron chi connectivity index (χ4n) is 3.46. The molecule has 0 aliphatic heterocycles. The monoisotopic (exact) mass is 446 g/mol. The van der Waals surface area contributed by atoms with Crippen molar-refractivity contribution in [1.82, 2.24) is 15.3 Å². The minimum absolute atomic E-state index is 0.00972. The van der Waals surface area contributed by atoms with Gasteiger partial charge in [-0.25, -0.2) is 9.88 Å². The lowest BCUT2D eigenvalue weighted by Gasteiger charge is -2.44. The van der Waals surface area contributed by atoms with Crippen molar-refractivity contribution in [3.63, 3.8) is 0 Å². The Morgan fingerprint density at radius 3 is 2.52 bits per heavy atom. The van der Waals surface area contributed by atoms with E-state index in [4.69, 9.17) is 4.42 Å². The zero-order chi connectivity index (χ0) is 22.3. The van der Waals surface area contributed by atoms with Crippen LogP contribution in [0.1, 0.15) is 52.6 Å². The molecule has 1 N–H and O–H groups in total. The molecular weight excluding hydrogens is 426 g/mol. The van der Waals surface area contributed by atoms with Gasteiger partial charge in [-0.3, -0.25) is 9.59 Å². The molecule has 0 aromatic carbocycles. The third-order valence-electron chi connectivity index (χ3n) is 5.46. The molecule has 0 radical (unpaired) electrons. The summed E-state index contributed by atoms with van der Waals surface area (Å²) in [5, 5.41) is 3.07. The number of furan rings is 1. The van der Waals surface area contributed by atoms with Gasteiger partial charge in [0.1, 0.15) is 5.69 Å². The van der Waals surface area contributed by atoms with Crippen LogP contribution < -0.4 is 10.2 Å². The van der Waals surface area contributed by atoms with E-state index >= 15 is 0 Å². The molecule has 1 aliphatic rings. The van der Waals surface area contributed by atoms with E-state index < -0.39 is 17.8 Å². The molecule has 1 fully saturated rings. The summed E-state index contributed by atoms with van der Waals surface area (Å²) in [5.74, 6) is -3.27. The summed E-state index contributed by atoms with van der Waals surface area (Å²) in [5.41, 5.74) is 0.0534. The molecule has 1 unspecified atom stereocenters. The van der Waals surface area contributed by atoms with Crippen LogP contribution in [0.25, 0.3) is 0 Å². The summed E-state index contributed by atoms with van der Waals surface area (Å²) >= 11 is 1.06. The lowest BCUT2D eigenvalue weighted by molar-refractivity contribution is 0.0727. The number of hydrogen-bond acceptors (Lipinski definition) is 6. The van der Waals surface area contributed by atoms with E-state index in [0.717, 1.165) is 41.2 Å². The minimum Gasteiger partial charge on any atom is -0.459 e. The van der Waals surface area contributed by atoms with Gasteiger partial charge < -0.3 is 9.73 Å². The molecule has 3 aromatic rings. The summed E-state index contributed by atoms with van der Waals surface area (Å²) in [6.45, 7) is 5.86. The Hall–Kier alpha value is -3.14. The van der Waals surface area contributed by atoms with Gasteiger partial charge in [-0.1, -0.05) is 13.8 Å². The van der Waals surface area contributed by atoms with E-state index in [1.807, 2.05) is 0 Å². The lowest BCUT2D eigenvalue weighted by atomic mass is 9.67. The first-order chi connectivity index (χ1) is 14.7. The third-order valence-corrected chi connectivity index (χ3v) is 6.41. The Morgan fingerprint density at radius 1 is 1.26 bits per heavy atom. The number of nitrogens with zero attached hydrogens (tertiary/aromatic N) is 3. The van der Waals surface area contributed by atoms with Gasteiger partial charge in [-0.2, -0.15) is 13.8 Å². The first-order valence-electron chi connectivity index (χ1n) is 9.65. The molecule has 1 atom stereocenters. The van der Waals surface area contributed by atoms with Gasteiger partial charge >= 0.3 is 0 Å². The number of pyridine rings is 1. The van der Waals surface area contributed by atoms with Crippen LogP contribution in [0.2, 0.25) is 0 Å². The van der Waals surface area contributed by atoms with Crippen LogP contribution in [0.15, 0.2) is 34.9 Å². The highest BCUT2D eigenvalue weighted by molar-refractivity contribution is 7.16. The molecule has 4 rings (SSSR count). The van der Waals surface area contributed by atoms with E-state index in [-0.39, 0.29) is 39.6 Å². The van der Waals surface area contributed by atoms with Crippen molar-refractivity contribution in [3.8, 4) is 0 Å². The normalized spacial score (nSPS) is 17.1. The summed E-state index contributed by atoms with van der Waals surface area (Å²) in [6, 6.07) is 4.81. The van der Waals surface area contributed by atoms with Crippen molar-refractivity contribution in [2.24, 2.45) is 5.41 Å². The second kappa shape index (κ2) is 7.84. The van der Waals surface area contributed by atoms with E-state index in [2.05, 4.69) is 29.1 Å². The third kappa shape index (κ3) is 4.07. The van der Waals surface area contributed by atoms with Crippen molar-refractivity contribution < 1.29 is 22.8 Å². The standard InChI is InChI=1S/C21H20F2N4O3S/c1-11-17(18(28)24-14-6-7-21(14,2)3)26-20(31-11)27(19(29)13-5-4-8-30-13)12-9-15(22)25-16(23)10-12/h4-5,8-10,14H,6-7H2,1-3H3,(H,24,28). The van der Waals surface area contributed by atoms with Gasteiger partial charge in [-0.05, 0) is 37.3 Å². The number of aryl methyl sites for hydroxylation is 1. The highest BCUT2D eigenvalue weighted by Gasteiger charge is 2.40. The quantitative estimate of drug-likeness (QED) is 0.578. The molecule has 0 spiro atoms. The summed E-state index contributed by atoms with van der Waals surface area (Å²) in [7, 11) is 0. The predicted octanol–water partition coefficient (Wildman–Crippen LogP) is 4.61. The van der Waals surface area contributed by atoms with Crippen molar-refractivity contribution in [2.45, 2.75) is 39.7 Å². The number of aromatic nitrogens is 2. The summed E-state index contributed by atoms with van der Waals surface area (Å²) in [4.78, 5) is 34.9. The summed E-state index contributed by atoms with van der Waals surface area (Å²) < 4.78 is 32.7. The molecule has 7 nitrogen and oxygen atoms in total. The molecule has 0 saturated heterocycles. The van der Waals surface area contributed by atoms with Gasteiger partial charge in [0.15, 0.2) is 10.9 Å². The Kier molecular flexibility index (Phi) is 5.34. The van der Waals surface area contributed by atoms with Crippen molar-refractivity contribution in [3.05, 3.63) is 58.8 Å². The van der Waals surface area contributed by atoms with Gasteiger partial charge in [0.25, 0.3) is 11.8 Å². The van der Waals surface area contributed by atoms with Gasteiger partial charge in [0, 0.05) is 23.1 Å². The van der Waals surface area contributed by atoms with Crippen molar-refractivity contribution in [2.75, 3.05) is 4.90 Å². The highest BCUT2D eigenvalue weighted by Crippen LogP contribution is 2.40. The Morgan fingerprint density at radius 2 is 1.97 bits per heavy atom. The average Bonchev–Trinajstić information content (AvgIpc) is 3.35. The second-order valence-corrected chi connectivity index (χ2v) is 9.22. The number of carbonyl (C=O) groups is 2. The number of rotatable bonds is 5. The number of carbonyl (C=O) groups excluding carboxylic acids is 2. The fourth-order valence-corrected chi connectivity index (χ4v) is 4.38. The number of hydrogen-bond donors (Lipinski definition) is 1. The van der Waals surface area contributed by atoms with Gasteiger partial charge in [-0.15, -0.1) is 11.3 Å². The van der Waals surface area contributed by atoms with Crippen LogP contribution in [-0.2, 0) is 0 Å². The number of thiazole rings is 1. The van der Waals surface area contributed by atoms with Crippen LogP contribution in [-0.4, -0.2) is 27.8 Å². The minimum atomic E-state index is -1.09. The largest absolute Gasteiger partial charge is 0.459 e. The Balaban J connectivity index is 1.71. The smallest absolute Gasteiger partial charge is 0.300 e. The van der Waals surface area contributed by atoms with Crippen LogP contribution in [0.4, 0.5) is 19.6 Å². The fraction of sp³-hybridized carbons (Fsp3) is 0.333. The molecular formula is C21H20F2N4O3S. The Labute approximate surface area is 181 Å². The zero-order valence-electron chi connectivity index (χ0n) is 17.1. The molecule has 31 heavy (non-hydrogen) atoms. The molecule has 3 aromatic heterocycles. The first kappa shape index (κ1) is 21.1. The van der Waals surface area contributed by atoms with Crippen molar-refractivity contribution >= 4 is 34.0 Å². The molecule has 2 amide bonds. The van der Waals surface area contributed by atoms with E-state index in [1.54, 1.807) is 6.92 Å². The Bertz CT molecular complexity index is 1120. The molecule has 1 saturated carbocycles. The number of nitrogens with one attached hydrogen (secondary N) is 1. The van der Waals surface area contributed by atoms with E-state index in [9.17, 15) is 18.4 Å². The molecule has 3 heterocycles.